The van der Waals surface area contributed by atoms with Crippen LogP contribution in [-0.4, -0.2) is 14.2 Å². The predicted octanol–water partition coefficient (Wildman–Crippen LogP) is 2.11. The predicted molar refractivity (Wildman–Crippen MR) is 56.8 cm³/mol. The third-order valence-corrected chi connectivity index (χ3v) is 2.27. The van der Waals surface area contributed by atoms with Gasteiger partial charge in [0.15, 0.2) is 11.5 Å². The van der Waals surface area contributed by atoms with Gasteiger partial charge in [0.05, 0.1) is 14.2 Å². The first-order valence-electron chi connectivity index (χ1n) is 4.71. The summed E-state index contributed by atoms with van der Waals surface area (Å²) in [5, 5.41) is 0. The lowest BCUT2D eigenvalue weighted by Crippen LogP contribution is -2.10. The zero-order chi connectivity index (χ0) is 10.6. The standard InChI is InChI=1S/C11H17NO2/c1-4-9(12)8-6-5-7-10(13-2)11(8)14-3/h5-7,9H,4,12H2,1-3H3/t9-/m1/s1. The van der Waals surface area contributed by atoms with Gasteiger partial charge in [-0.25, -0.2) is 0 Å². The van der Waals surface area contributed by atoms with E-state index in [0.29, 0.717) is 0 Å². The summed E-state index contributed by atoms with van der Waals surface area (Å²) in [6.07, 6.45) is 0.878. The molecule has 1 atom stereocenters. The number of ether oxygens (including phenoxy) is 2. The summed E-state index contributed by atoms with van der Waals surface area (Å²) >= 11 is 0. The number of nitrogens with two attached hydrogens (primary N) is 1. The molecule has 0 amide bonds. The minimum atomic E-state index is 0.0000463. The van der Waals surface area contributed by atoms with E-state index in [1.54, 1.807) is 14.2 Å². The van der Waals surface area contributed by atoms with Crippen molar-refractivity contribution in [1.29, 1.82) is 0 Å². The van der Waals surface area contributed by atoms with Gasteiger partial charge in [0.1, 0.15) is 0 Å². The molecule has 0 heterocycles. The van der Waals surface area contributed by atoms with E-state index >= 15 is 0 Å². The van der Waals surface area contributed by atoms with Crippen molar-refractivity contribution in [2.75, 3.05) is 14.2 Å². The lowest BCUT2D eigenvalue weighted by molar-refractivity contribution is 0.349. The third-order valence-electron chi connectivity index (χ3n) is 2.27. The number of hydrogen-bond acceptors (Lipinski definition) is 3. The van der Waals surface area contributed by atoms with Crippen LogP contribution in [0.4, 0.5) is 0 Å². The Bertz CT molecular complexity index is 299. The van der Waals surface area contributed by atoms with E-state index < -0.39 is 0 Å². The topological polar surface area (TPSA) is 44.5 Å². The van der Waals surface area contributed by atoms with Gasteiger partial charge in [0.2, 0.25) is 0 Å². The lowest BCUT2D eigenvalue weighted by atomic mass is 10.0. The average Bonchev–Trinajstić information content (AvgIpc) is 2.26. The second kappa shape index (κ2) is 4.86. The highest BCUT2D eigenvalue weighted by molar-refractivity contribution is 5.47. The maximum absolute atomic E-state index is 5.96. The van der Waals surface area contributed by atoms with Crippen LogP contribution in [0.15, 0.2) is 18.2 Å². The molecule has 0 aliphatic heterocycles. The molecule has 0 aliphatic rings. The van der Waals surface area contributed by atoms with Crippen LogP contribution >= 0.6 is 0 Å². The monoisotopic (exact) mass is 195 g/mol. The Morgan fingerprint density at radius 2 is 2.00 bits per heavy atom. The molecule has 0 saturated heterocycles. The van der Waals surface area contributed by atoms with E-state index in [1.165, 1.54) is 0 Å². The Balaban J connectivity index is 3.14. The Morgan fingerprint density at radius 3 is 2.50 bits per heavy atom. The average molecular weight is 195 g/mol. The van der Waals surface area contributed by atoms with Crippen molar-refractivity contribution >= 4 is 0 Å². The summed E-state index contributed by atoms with van der Waals surface area (Å²) in [5.74, 6) is 1.47. The molecule has 3 heteroatoms. The molecule has 0 radical (unpaired) electrons. The van der Waals surface area contributed by atoms with Gasteiger partial charge in [-0.05, 0) is 12.5 Å². The molecule has 14 heavy (non-hydrogen) atoms. The summed E-state index contributed by atoms with van der Waals surface area (Å²) < 4.78 is 10.5. The molecule has 0 unspecified atom stereocenters. The molecule has 1 rings (SSSR count). The van der Waals surface area contributed by atoms with Crippen LogP contribution < -0.4 is 15.2 Å². The molecule has 2 N–H and O–H groups in total. The highest BCUT2D eigenvalue weighted by Gasteiger charge is 2.13. The summed E-state index contributed by atoms with van der Waals surface area (Å²) in [5.41, 5.74) is 6.95. The van der Waals surface area contributed by atoms with E-state index in [1.807, 2.05) is 25.1 Å². The first-order chi connectivity index (χ1) is 6.74. The van der Waals surface area contributed by atoms with Crippen molar-refractivity contribution in [2.45, 2.75) is 19.4 Å². The van der Waals surface area contributed by atoms with Gasteiger partial charge < -0.3 is 15.2 Å². The largest absolute Gasteiger partial charge is 0.493 e. The van der Waals surface area contributed by atoms with Gasteiger partial charge in [-0.15, -0.1) is 0 Å². The normalized spacial score (nSPS) is 12.3. The van der Waals surface area contributed by atoms with Crippen LogP contribution in [0.1, 0.15) is 24.9 Å². The van der Waals surface area contributed by atoms with Crippen molar-refractivity contribution in [3.05, 3.63) is 23.8 Å². The highest BCUT2D eigenvalue weighted by Crippen LogP contribution is 2.34. The molecule has 0 saturated carbocycles. The molecular weight excluding hydrogens is 178 g/mol. The van der Waals surface area contributed by atoms with Crippen molar-refractivity contribution in [3.63, 3.8) is 0 Å². The second-order valence-electron chi connectivity index (χ2n) is 3.10. The number of para-hydroxylation sites is 1. The van der Waals surface area contributed by atoms with E-state index in [2.05, 4.69) is 0 Å². The minimum absolute atomic E-state index is 0.0000463. The molecule has 3 nitrogen and oxygen atoms in total. The molecule has 0 aromatic heterocycles. The van der Waals surface area contributed by atoms with Crippen LogP contribution in [0.5, 0.6) is 11.5 Å². The van der Waals surface area contributed by atoms with Crippen LogP contribution in [0, 0.1) is 0 Å². The molecule has 0 aliphatic carbocycles. The summed E-state index contributed by atoms with van der Waals surface area (Å²) in [4.78, 5) is 0. The van der Waals surface area contributed by atoms with Crippen molar-refractivity contribution in [2.24, 2.45) is 5.73 Å². The summed E-state index contributed by atoms with van der Waals surface area (Å²) in [6.45, 7) is 2.05. The van der Waals surface area contributed by atoms with Crippen molar-refractivity contribution < 1.29 is 9.47 Å². The van der Waals surface area contributed by atoms with Crippen LogP contribution in [0.25, 0.3) is 0 Å². The number of benzene rings is 1. The van der Waals surface area contributed by atoms with Gasteiger partial charge in [-0.3, -0.25) is 0 Å². The van der Waals surface area contributed by atoms with Gasteiger partial charge in [-0.1, -0.05) is 19.1 Å². The first kappa shape index (κ1) is 10.9. The Morgan fingerprint density at radius 1 is 1.29 bits per heavy atom. The Hall–Kier alpha value is -1.22. The fourth-order valence-corrected chi connectivity index (χ4v) is 1.42. The summed E-state index contributed by atoms with van der Waals surface area (Å²) in [7, 11) is 3.25. The minimum Gasteiger partial charge on any atom is -0.493 e. The van der Waals surface area contributed by atoms with E-state index in [-0.39, 0.29) is 6.04 Å². The van der Waals surface area contributed by atoms with E-state index in [0.717, 1.165) is 23.5 Å². The van der Waals surface area contributed by atoms with Gasteiger partial charge in [0, 0.05) is 11.6 Å². The molecule has 78 valence electrons. The molecular formula is C11H17NO2. The number of hydrogen-bond donors (Lipinski definition) is 1. The van der Waals surface area contributed by atoms with E-state index in [4.69, 9.17) is 15.2 Å². The van der Waals surface area contributed by atoms with E-state index in [9.17, 15) is 0 Å². The van der Waals surface area contributed by atoms with Gasteiger partial charge >= 0.3 is 0 Å². The number of rotatable bonds is 4. The molecule has 0 spiro atoms. The van der Waals surface area contributed by atoms with Gasteiger partial charge in [-0.2, -0.15) is 0 Å². The van der Waals surface area contributed by atoms with Gasteiger partial charge in [0.25, 0.3) is 0 Å². The zero-order valence-corrected chi connectivity index (χ0v) is 8.91. The smallest absolute Gasteiger partial charge is 0.165 e. The Labute approximate surface area is 84.8 Å². The second-order valence-corrected chi connectivity index (χ2v) is 3.10. The van der Waals surface area contributed by atoms with Crippen molar-refractivity contribution in [3.8, 4) is 11.5 Å². The highest BCUT2D eigenvalue weighted by atomic mass is 16.5. The molecule has 1 aromatic carbocycles. The number of methoxy groups -OCH3 is 2. The molecule has 1 aromatic rings. The zero-order valence-electron chi connectivity index (χ0n) is 8.91. The Kier molecular flexibility index (Phi) is 3.77. The third kappa shape index (κ3) is 1.99. The van der Waals surface area contributed by atoms with Crippen LogP contribution in [0.3, 0.4) is 0 Å². The van der Waals surface area contributed by atoms with Crippen molar-refractivity contribution in [1.82, 2.24) is 0 Å². The maximum Gasteiger partial charge on any atom is 0.165 e. The molecule has 0 fully saturated rings. The molecule has 0 bridgehead atoms. The lowest BCUT2D eigenvalue weighted by Gasteiger charge is -2.16. The SMILES string of the molecule is CC[C@@H](N)c1cccc(OC)c1OC. The first-order valence-corrected chi connectivity index (χ1v) is 4.71. The van der Waals surface area contributed by atoms with Crippen LogP contribution in [0.2, 0.25) is 0 Å². The maximum atomic E-state index is 5.96. The quantitative estimate of drug-likeness (QED) is 0.800. The van der Waals surface area contributed by atoms with Crippen LogP contribution in [-0.2, 0) is 0 Å². The fourth-order valence-electron chi connectivity index (χ4n) is 1.42. The fraction of sp³-hybridized carbons (Fsp3) is 0.455. The summed E-state index contributed by atoms with van der Waals surface area (Å²) in [6, 6.07) is 5.76.